The largest absolute Gasteiger partial charge is 0.496 e. The summed E-state index contributed by atoms with van der Waals surface area (Å²) in [6.07, 6.45) is 2.25. The fourth-order valence-electron chi connectivity index (χ4n) is 3.34. The van der Waals surface area contributed by atoms with Crippen molar-refractivity contribution in [2.75, 3.05) is 25.7 Å². The summed E-state index contributed by atoms with van der Waals surface area (Å²) in [5.41, 5.74) is 1.47. The lowest BCUT2D eigenvalue weighted by Crippen LogP contribution is -2.31. The molecule has 0 bridgehead atoms. The van der Waals surface area contributed by atoms with Crippen molar-refractivity contribution in [2.45, 2.75) is 45.5 Å². The number of benzene rings is 1. The summed E-state index contributed by atoms with van der Waals surface area (Å²) in [5.74, 6) is -3.10. The third kappa shape index (κ3) is 4.46. The summed E-state index contributed by atoms with van der Waals surface area (Å²) in [4.78, 5) is 25.0. The van der Waals surface area contributed by atoms with Gasteiger partial charge < -0.3 is 14.4 Å². The fourth-order valence-corrected chi connectivity index (χ4v) is 3.34. The molecule has 0 saturated heterocycles. The molecule has 1 aliphatic carbocycles. The van der Waals surface area contributed by atoms with Crippen LogP contribution in [0.15, 0.2) is 18.2 Å². The van der Waals surface area contributed by atoms with E-state index in [0.29, 0.717) is 29.0 Å². The number of fused-ring (bicyclic) bond motifs is 1. The van der Waals surface area contributed by atoms with E-state index in [0.717, 1.165) is 0 Å². The Bertz CT molecular complexity index is 759. The van der Waals surface area contributed by atoms with Crippen LogP contribution in [-0.2, 0) is 31.4 Å². The van der Waals surface area contributed by atoms with Crippen molar-refractivity contribution in [2.24, 2.45) is 0 Å². The highest BCUT2D eigenvalue weighted by Crippen LogP contribution is 2.45. The van der Waals surface area contributed by atoms with Crippen molar-refractivity contribution in [1.82, 2.24) is 0 Å². The van der Waals surface area contributed by atoms with E-state index in [-0.39, 0.29) is 43.2 Å². The average Bonchev–Trinajstić information content (AvgIpc) is 2.93. The smallest absolute Gasteiger partial charge is 0.305 e. The molecule has 0 fully saturated rings. The molecule has 7 heteroatoms. The number of ether oxygens (including phenoxy) is 2. The molecule has 0 atom stereocenters. The maximum Gasteiger partial charge on any atom is 0.305 e. The minimum Gasteiger partial charge on any atom is -0.496 e. The Kier molecular flexibility index (Phi) is 6.57. The Balaban J connectivity index is 2.49. The number of carbonyl (C=O) groups is 2. The number of aryl methyl sites for hydroxylation is 1. The van der Waals surface area contributed by atoms with Crippen molar-refractivity contribution in [3.8, 4) is 0 Å². The second-order valence-electron chi connectivity index (χ2n) is 6.44. The zero-order valence-corrected chi connectivity index (χ0v) is 16.1. The number of hydrogen-bond acceptors (Lipinski definition) is 4. The summed E-state index contributed by atoms with van der Waals surface area (Å²) in [6.45, 7) is 3.36. The third-order valence-corrected chi connectivity index (χ3v) is 4.73. The van der Waals surface area contributed by atoms with Crippen molar-refractivity contribution in [3.63, 3.8) is 0 Å². The number of alkyl halides is 2. The number of halogens is 2. The number of methoxy groups -OCH3 is 2. The molecule has 1 aliphatic rings. The van der Waals surface area contributed by atoms with Crippen LogP contribution in [0.4, 0.5) is 14.5 Å². The van der Waals surface area contributed by atoms with Gasteiger partial charge in [-0.2, -0.15) is 0 Å². The first kappa shape index (κ1) is 20.9. The van der Waals surface area contributed by atoms with E-state index in [1.807, 2.05) is 0 Å². The monoisotopic (exact) mass is 381 g/mol. The summed E-state index contributed by atoms with van der Waals surface area (Å²) < 4.78 is 38.5. The van der Waals surface area contributed by atoms with Crippen LogP contribution in [0.25, 0.3) is 5.76 Å². The highest BCUT2D eigenvalue weighted by Gasteiger charge is 2.40. The number of esters is 1. The number of allylic oxidation sites excluding steroid dienone is 1. The normalized spacial score (nSPS) is 15.3. The molecule has 148 valence electrons. The quantitative estimate of drug-likeness (QED) is 0.528. The number of amides is 1. The second-order valence-corrected chi connectivity index (χ2v) is 6.44. The van der Waals surface area contributed by atoms with Crippen LogP contribution in [0.2, 0.25) is 0 Å². The Hall–Kier alpha value is -2.44. The molecule has 0 N–H and O–H groups in total. The maximum absolute atomic E-state index is 14.3. The highest BCUT2D eigenvalue weighted by atomic mass is 19.3. The van der Waals surface area contributed by atoms with Gasteiger partial charge in [-0.1, -0.05) is 0 Å². The minimum atomic E-state index is -2.92. The van der Waals surface area contributed by atoms with Gasteiger partial charge in [0.2, 0.25) is 5.91 Å². The topological polar surface area (TPSA) is 55.8 Å². The van der Waals surface area contributed by atoms with Crippen LogP contribution in [0.1, 0.15) is 49.8 Å². The van der Waals surface area contributed by atoms with Gasteiger partial charge in [0.25, 0.3) is 5.92 Å². The van der Waals surface area contributed by atoms with Gasteiger partial charge in [-0.25, -0.2) is 8.78 Å². The zero-order chi connectivity index (χ0) is 20.2. The molecule has 0 radical (unpaired) electrons. The van der Waals surface area contributed by atoms with Crippen LogP contribution >= 0.6 is 0 Å². The van der Waals surface area contributed by atoms with E-state index < -0.39 is 5.92 Å². The van der Waals surface area contributed by atoms with Crippen LogP contribution in [0.3, 0.4) is 0 Å². The lowest BCUT2D eigenvalue weighted by molar-refractivity contribution is -0.140. The van der Waals surface area contributed by atoms with E-state index in [2.05, 4.69) is 4.74 Å². The van der Waals surface area contributed by atoms with Gasteiger partial charge in [-0.05, 0) is 43.5 Å². The maximum atomic E-state index is 14.3. The molecule has 0 unspecified atom stereocenters. The van der Waals surface area contributed by atoms with E-state index >= 15 is 0 Å². The first-order chi connectivity index (χ1) is 12.7. The molecule has 2 rings (SSSR count). The summed E-state index contributed by atoms with van der Waals surface area (Å²) in [6, 6.07) is 3.07. The van der Waals surface area contributed by atoms with Crippen LogP contribution in [-0.4, -0.2) is 32.6 Å². The number of anilines is 1. The van der Waals surface area contributed by atoms with E-state index in [1.165, 1.54) is 32.1 Å². The average molecular weight is 381 g/mol. The van der Waals surface area contributed by atoms with Gasteiger partial charge in [-0.3, -0.25) is 9.59 Å². The molecule has 1 amide bonds. The standard InChI is InChI=1S/C20H25F2NO4/c1-5-18(26-3)15-11-14-8-9-20(21,22)16(14)12-17(15)23(13(2)24)10-6-7-19(25)27-4/h5,11-12H,6-10H2,1-4H3/b18-5+. The molecule has 0 saturated carbocycles. The van der Waals surface area contributed by atoms with Gasteiger partial charge in [0.1, 0.15) is 5.76 Å². The summed E-state index contributed by atoms with van der Waals surface area (Å²) in [5, 5.41) is 0. The molecular formula is C20H25F2NO4. The van der Waals surface area contributed by atoms with Crippen molar-refractivity contribution < 1.29 is 27.8 Å². The predicted molar refractivity (Wildman–Crippen MR) is 98.6 cm³/mol. The van der Waals surface area contributed by atoms with Gasteiger partial charge in [0.05, 0.1) is 19.9 Å². The Labute approximate surface area is 157 Å². The Morgan fingerprint density at radius 2 is 1.96 bits per heavy atom. The number of carbonyl (C=O) groups excluding carboxylic acids is 2. The number of rotatable bonds is 7. The highest BCUT2D eigenvalue weighted by molar-refractivity contribution is 5.95. The zero-order valence-electron chi connectivity index (χ0n) is 16.1. The minimum absolute atomic E-state index is 0.0491. The van der Waals surface area contributed by atoms with Gasteiger partial charge in [-0.15, -0.1) is 0 Å². The molecule has 0 heterocycles. The summed E-state index contributed by atoms with van der Waals surface area (Å²) in [7, 11) is 2.79. The SMILES string of the molecule is C/C=C(/OC)c1cc2c(cc1N(CCCC(=O)OC)C(C)=O)C(F)(F)CC2. The second kappa shape index (κ2) is 8.50. The van der Waals surface area contributed by atoms with E-state index in [9.17, 15) is 18.4 Å². The Morgan fingerprint density at radius 3 is 2.52 bits per heavy atom. The van der Waals surface area contributed by atoms with E-state index in [4.69, 9.17) is 4.74 Å². The summed E-state index contributed by atoms with van der Waals surface area (Å²) >= 11 is 0. The lowest BCUT2D eigenvalue weighted by Gasteiger charge is -2.26. The number of nitrogens with zero attached hydrogens (tertiary/aromatic N) is 1. The first-order valence-electron chi connectivity index (χ1n) is 8.86. The molecule has 5 nitrogen and oxygen atoms in total. The molecular weight excluding hydrogens is 356 g/mol. The van der Waals surface area contributed by atoms with Crippen molar-refractivity contribution >= 4 is 23.3 Å². The molecule has 1 aromatic carbocycles. The lowest BCUT2D eigenvalue weighted by atomic mass is 10.00. The molecule has 0 spiro atoms. The van der Waals surface area contributed by atoms with Gasteiger partial charge >= 0.3 is 5.97 Å². The van der Waals surface area contributed by atoms with Gasteiger partial charge in [0.15, 0.2) is 0 Å². The number of hydrogen-bond donors (Lipinski definition) is 0. The molecule has 27 heavy (non-hydrogen) atoms. The van der Waals surface area contributed by atoms with Crippen molar-refractivity contribution in [1.29, 1.82) is 0 Å². The Morgan fingerprint density at radius 1 is 1.26 bits per heavy atom. The fraction of sp³-hybridized carbons (Fsp3) is 0.500. The predicted octanol–water partition coefficient (Wildman–Crippen LogP) is 4.04. The first-order valence-corrected chi connectivity index (χ1v) is 8.86. The molecule has 0 aromatic heterocycles. The van der Waals surface area contributed by atoms with Gasteiger partial charge in [0, 0.05) is 37.4 Å². The van der Waals surface area contributed by atoms with E-state index in [1.54, 1.807) is 19.1 Å². The van der Waals surface area contributed by atoms with Crippen molar-refractivity contribution in [3.05, 3.63) is 34.9 Å². The third-order valence-electron chi connectivity index (χ3n) is 4.73. The molecule has 1 aromatic rings. The van der Waals surface area contributed by atoms with Crippen LogP contribution < -0.4 is 4.90 Å². The molecule has 0 aliphatic heterocycles. The van der Waals surface area contributed by atoms with Crippen LogP contribution in [0, 0.1) is 0 Å². The van der Waals surface area contributed by atoms with Crippen LogP contribution in [0.5, 0.6) is 0 Å².